The number of hydrogen-bond donors (Lipinski definition) is 1. The molecule has 0 aliphatic carbocycles. The molecule has 1 aromatic carbocycles. The van der Waals surface area contributed by atoms with Crippen LogP contribution in [0.4, 0.5) is 0 Å². The third-order valence-corrected chi connectivity index (χ3v) is 2.80. The Balaban J connectivity index is 2.12. The lowest BCUT2D eigenvalue weighted by molar-refractivity contribution is -0.190. The summed E-state index contributed by atoms with van der Waals surface area (Å²) in [6.45, 7) is 1.10. The van der Waals surface area contributed by atoms with Gasteiger partial charge in [0.2, 0.25) is 0 Å². The van der Waals surface area contributed by atoms with Crippen molar-refractivity contribution < 1.29 is 9.47 Å². The Bertz CT molecular complexity index is 311. The van der Waals surface area contributed by atoms with Crippen LogP contribution in [0.15, 0.2) is 28.7 Å². The Morgan fingerprint density at radius 3 is 2.50 bits per heavy atom. The smallest absolute Gasteiger partial charge is 0.185 e. The molecule has 3 nitrogen and oxygen atoms in total. The Hall–Kier alpha value is -0.420. The van der Waals surface area contributed by atoms with Gasteiger partial charge in [-0.25, -0.2) is 0 Å². The van der Waals surface area contributed by atoms with E-state index in [1.807, 2.05) is 24.3 Å². The van der Waals surface area contributed by atoms with Crippen LogP contribution in [0.3, 0.4) is 0 Å². The molecular formula is C10H12BrNO2. The summed E-state index contributed by atoms with van der Waals surface area (Å²) in [4.78, 5) is 0. The fourth-order valence-corrected chi connectivity index (χ4v) is 1.84. The topological polar surface area (TPSA) is 44.5 Å². The average molecular weight is 258 g/mol. The van der Waals surface area contributed by atoms with Crippen LogP contribution in [0.5, 0.6) is 0 Å². The summed E-state index contributed by atoms with van der Waals surface area (Å²) in [6.07, 6.45) is -0.287. The van der Waals surface area contributed by atoms with Gasteiger partial charge in [-0.15, -0.1) is 0 Å². The third-order valence-electron chi connectivity index (χ3n) is 2.08. The maximum atomic E-state index is 5.65. The molecule has 14 heavy (non-hydrogen) atoms. The second-order valence-electron chi connectivity index (χ2n) is 3.28. The van der Waals surface area contributed by atoms with Gasteiger partial charge in [-0.1, -0.05) is 34.1 Å². The summed E-state index contributed by atoms with van der Waals surface area (Å²) in [7, 11) is 0. The minimum atomic E-state index is -0.287. The molecule has 0 saturated carbocycles. The lowest BCUT2D eigenvalue weighted by atomic mass is 10.2. The second kappa shape index (κ2) is 4.40. The van der Waals surface area contributed by atoms with Crippen molar-refractivity contribution >= 4 is 15.9 Å². The quantitative estimate of drug-likeness (QED) is 0.835. The Labute approximate surface area is 91.3 Å². The first-order chi connectivity index (χ1) is 6.77. The van der Waals surface area contributed by atoms with Gasteiger partial charge in [-0.05, 0) is 6.07 Å². The van der Waals surface area contributed by atoms with E-state index in [4.69, 9.17) is 15.2 Å². The van der Waals surface area contributed by atoms with Crippen molar-refractivity contribution in [1.29, 1.82) is 0 Å². The predicted molar refractivity (Wildman–Crippen MR) is 56.8 cm³/mol. The van der Waals surface area contributed by atoms with E-state index in [0.29, 0.717) is 13.2 Å². The first-order valence-electron chi connectivity index (χ1n) is 4.50. The first kappa shape index (κ1) is 10.1. The molecule has 1 heterocycles. The molecule has 0 radical (unpaired) electrons. The van der Waals surface area contributed by atoms with Crippen LogP contribution in [0, 0.1) is 0 Å². The molecule has 0 spiro atoms. The zero-order valence-corrected chi connectivity index (χ0v) is 9.24. The maximum absolute atomic E-state index is 5.65. The van der Waals surface area contributed by atoms with E-state index in [1.54, 1.807) is 0 Å². The normalized spacial score (nSPS) is 27.6. The molecule has 1 aromatic rings. The van der Waals surface area contributed by atoms with Crippen LogP contribution in [0.2, 0.25) is 0 Å². The van der Waals surface area contributed by atoms with E-state index < -0.39 is 0 Å². The van der Waals surface area contributed by atoms with E-state index in [0.717, 1.165) is 10.0 Å². The lowest BCUT2D eigenvalue weighted by Gasteiger charge is -2.27. The van der Waals surface area contributed by atoms with Crippen molar-refractivity contribution in [2.75, 3.05) is 13.2 Å². The van der Waals surface area contributed by atoms with Crippen LogP contribution < -0.4 is 5.73 Å². The molecule has 0 unspecified atom stereocenters. The highest BCUT2D eigenvalue weighted by molar-refractivity contribution is 9.10. The van der Waals surface area contributed by atoms with Gasteiger partial charge in [-0.2, -0.15) is 0 Å². The number of nitrogens with two attached hydrogens (primary N) is 1. The molecule has 1 saturated heterocycles. The summed E-state index contributed by atoms with van der Waals surface area (Å²) in [5.41, 5.74) is 6.66. The molecule has 0 atom stereocenters. The van der Waals surface area contributed by atoms with Crippen molar-refractivity contribution in [2.45, 2.75) is 12.3 Å². The van der Waals surface area contributed by atoms with E-state index >= 15 is 0 Å². The zero-order chi connectivity index (χ0) is 9.97. The molecule has 0 aromatic heterocycles. The summed E-state index contributed by atoms with van der Waals surface area (Å²) in [5.74, 6) is 0. The Morgan fingerprint density at radius 1 is 1.21 bits per heavy atom. The maximum Gasteiger partial charge on any atom is 0.185 e. The molecule has 1 aliphatic heterocycles. The van der Waals surface area contributed by atoms with Crippen molar-refractivity contribution in [3.63, 3.8) is 0 Å². The fraction of sp³-hybridized carbons (Fsp3) is 0.400. The highest BCUT2D eigenvalue weighted by atomic mass is 79.9. The number of benzene rings is 1. The minimum absolute atomic E-state index is 0.00580. The molecular weight excluding hydrogens is 246 g/mol. The Kier molecular flexibility index (Phi) is 3.18. The standard InChI is InChI=1S/C10H12BrNO2/c11-9-4-2-1-3-8(9)10-13-5-7(12)6-14-10/h1-4,7,10H,5-6,12H2. The lowest BCUT2D eigenvalue weighted by Crippen LogP contribution is -2.37. The Morgan fingerprint density at radius 2 is 1.86 bits per heavy atom. The SMILES string of the molecule is NC1COC(c2ccccc2Br)OC1. The van der Waals surface area contributed by atoms with Crippen molar-refractivity contribution in [3.05, 3.63) is 34.3 Å². The third kappa shape index (κ3) is 2.15. The summed E-state index contributed by atoms with van der Waals surface area (Å²) in [6, 6.07) is 7.86. The van der Waals surface area contributed by atoms with Crippen molar-refractivity contribution in [3.8, 4) is 0 Å². The van der Waals surface area contributed by atoms with E-state index in [9.17, 15) is 0 Å². The molecule has 4 heteroatoms. The number of halogens is 1. The number of hydrogen-bond acceptors (Lipinski definition) is 3. The van der Waals surface area contributed by atoms with Gasteiger partial charge in [-0.3, -0.25) is 0 Å². The fourth-order valence-electron chi connectivity index (χ4n) is 1.36. The largest absolute Gasteiger partial charge is 0.347 e. The molecule has 0 amide bonds. The highest BCUT2D eigenvalue weighted by Crippen LogP contribution is 2.28. The first-order valence-corrected chi connectivity index (χ1v) is 5.30. The van der Waals surface area contributed by atoms with Crippen LogP contribution >= 0.6 is 15.9 Å². The molecule has 2 N–H and O–H groups in total. The van der Waals surface area contributed by atoms with E-state index in [2.05, 4.69) is 15.9 Å². The van der Waals surface area contributed by atoms with Gasteiger partial charge in [0, 0.05) is 10.0 Å². The average Bonchev–Trinajstić information content (AvgIpc) is 2.20. The van der Waals surface area contributed by atoms with Gasteiger partial charge in [0.1, 0.15) is 0 Å². The summed E-state index contributed by atoms with van der Waals surface area (Å²) < 4.78 is 12.0. The number of rotatable bonds is 1. The van der Waals surface area contributed by atoms with Crippen molar-refractivity contribution in [1.82, 2.24) is 0 Å². The van der Waals surface area contributed by atoms with Gasteiger partial charge in [0.15, 0.2) is 6.29 Å². The summed E-state index contributed by atoms with van der Waals surface area (Å²) >= 11 is 3.46. The molecule has 2 rings (SSSR count). The van der Waals surface area contributed by atoms with Crippen LogP contribution in [-0.2, 0) is 9.47 Å². The van der Waals surface area contributed by atoms with Crippen LogP contribution in [-0.4, -0.2) is 19.3 Å². The second-order valence-corrected chi connectivity index (χ2v) is 4.13. The molecule has 1 fully saturated rings. The molecule has 1 aliphatic rings. The predicted octanol–water partition coefficient (Wildman–Crippen LogP) is 1.82. The highest BCUT2D eigenvalue weighted by Gasteiger charge is 2.22. The van der Waals surface area contributed by atoms with E-state index in [1.165, 1.54) is 0 Å². The van der Waals surface area contributed by atoms with E-state index in [-0.39, 0.29) is 12.3 Å². The van der Waals surface area contributed by atoms with Crippen molar-refractivity contribution in [2.24, 2.45) is 5.73 Å². The van der Waals surface area contributed by atoms with Gasteiger partial charge >= 0.3 is 0 Å². The molecule has 76 valence electrons. The minimum Gasteiger partial charge on any atom is -0.347 e. The van der Waals surface area contributed by atoms with Gasteiger partial charge in [0.05, 0.1) is 19.3 Å². The van der Waals surface area contributed by atoms with Gasteiger partial charge < -0.3 is 15.2 Å². The number of ether oxygens (including phenoxy) is 2. The zero-order valence-electron chi connectivity index (χ0n) is 7.65. The van der Waals surface area contributed by atoms with Gasteiger partial charge in [0.25, 0.3) is 0 Å². The monoisotopic (exact) mass is 257 g/mol. The molecule has 0 bridgehead atoms. The summed E-state index contributed by atoms with van der Waals surface area (Å²) in [5, 5.41) is 0. The van der Waals surface area contributed by atoms with Crippen LogP contribution in [0.1, 0.15) is 11.9 Å². The van der Waals surface area contributed by atoms with Crippen LogP contribution in [0.25, 0.3) is 0 Å².